The average Bonchev–Trinajstić information content (AvgIpc) is 2.46. The van der Waals surface area contributed by atoms with Gasteiger partial charge in [0.05, 0.1) is 11.1 Å². The van der Waals surface area contributed by atoms with Crippen LogP contribution >= 0.6 is 0 Å². The van der Waals surface area contributed by atoms with Crippen LogP contribution in [0.1, 0.15) is 26.3 Å². The molecule has 1 amide bonds. The van der Waals surface area contributed by atoms with Gasteiger partial charge in [-0.15, -0.1) is 0 Å². The first kappa shape index (κ1) is 12.7. The molecule has 0 fully saturated rings. The van der Waals surface area contributed by atoms with Crippen LogP contribution in [0.25, 0.3) is 0 Å². The Kier molecular flexibility index (Phi) is 3.82. The lowest BCUT2D eigenvalue weighted by molar-refractivity contribution is 0.0690. The molecule has 0 aliphatic heterocycles. The number of hydrogen-bond donors (Lipinski definition) is 2. The van der Waals surface area contributed by atoms with Crippen LogP contribution < -0.4 is 5.32 Å². The van der Waals surface area contributed by atoms with Gasteiger partial charge in [0, 0.05) is 31.3 Å². The molecule has 0 spiro atoms. The molecule has 0 saturated carbocycles. The first-order valence-electron chi connectivity index (χ1n) is 5.53. The zero-order valence-corrected chi connectivity index (χ0v) is 9.91. The highest BCUT2D eigenvalue weighted by molar-refractivity contribution is 6.04. The molecule has 0 bridgehead atoms. The topological polar surface area (TPSA) is 92.2 Å². The molecule has 0 saturated heterocycles. The van der Waals surface area contributed by atoms with E-state index in [0.717, 1.165) is 11.8 Å². The molecule has 0 aliphatic carbocycles. The molecule has 6 heteroatoms. The summed E-state index contributed by atoms with van der Waals surface area (Å²) in [6, 6.07) is 4.92. The van der Waals surface area contributed by atoms with E-state index in [0.29, 0.717) is 6.54 Å². The number of nitrogens with zero attached hydrogens (tertiary/aromatic N) is 2. The van der Waals surface area contributed by atoms with E-state index in [1.807, 2.05) is 0 Å². The Morgan fingerprint density at radius 2 is 1.74 bits per heavy atom. The molecule has 0 unspecified atom stereocenters. The van der Waals surface area contributed by atoms with Gasteiger partial charge in [0.25, 0.3) is 5.91 Å². The summed E-state index contributed by atoms with van der Waals surface area (Å²) in [5.74, 6) is -1.63. The van der Waals surface area contributed by atoms with Crippen LogP contribution in [0.2, 0.25) is 0 Å². The number of hydrogen-bond acceptors (Lipinski definition) is 4. The first-order valence-corrected chi connectivity index (χ1v) is 5.53. The highest BCUT2D eigenvalue weighted by Crippen LogP contribution is 2.07. The summed E-state index contributed by atoms with van der Waals surface area (Å²) in [5, 5.41) is 11.6. The molecule has 2 rings (SSSR count). The maximum atomic E-state index is 11.9. The smallest absolute Gasteiger partial charge is 0.338 e. The first-order chi connectivity index (χ1) is 9.18. The second kappa shape index (κ2) is 5.72. The number of aromatic carboxylic acids is 1. The van der Waals surface area contributed by atoms with E-state index in [-0.39, 0.29) is 11.1 Å². The minimum Gasteiger partial charge on any atom is -0.478 e. The lowest BCUT2D eigenvalue weighted by Gasteiger charge is -2.07. The fourth-order valence-electron chi connectivity index (χ4n) is 1.54. The molecule has 0 aliphatic rings. The van der Waals surface area contributed by atoms with Gasteiger partial charge in [-0.05, 0) is 23.8 Å². The van der Waals surface area contributed by atoms with Crippen molar-refractivity contribution in [1.82, 2.24) is 15.3 Å². The van der Waals surface area contributed by atoms with Crippen molar-refractivity contribution in [2.24, 2.45) is 0 Å². The predicted molar refractivity (Wildman–Crippen MR) is 66.6 cm³/mol. The standard InChI is InChI=1S/C13H11N3O3/c17-12(16-7-9-1-4-14-5-2-9)10-3-6-15-8-11(10)13(18)19/h1-6,8H,7H2,(H,16,17)(H,18,19). The van der Waals surface area contributed by atoms with E-state index in [4.69, 9.17) is 5.11 Å². The molecular formula is C13H11N3O3. The minimum atomic E-state index is -1.18. The summed E-state index contributed by atoms with van der Waals surface area (Å²) in [6.45, 7) is 0.308. The second-order valence-corrected chi connectivity index (χ2v) is 3.76. The van der Waals surface area contributed by atoms with Gasteiger partial charge in [-0.2, -0.15) is 0 Å². The number of aromatic nitrogens is 2. The van der Waals surface area contributed by atoms with Gasteiger partial charge in [-0.1, -0.05) is 0 Å². The normalized spacial score (nSPS) is 9.89. The zero-order valence-electron chi connectivity index (χ0n) is 9.91. The number of rotatable bonds is 4. The van der Waals surface area contributed by atoms with Gasteiger partial charge in [0.2, 0.25) is 0 Å². The van der Waals surface area contributed by atoms with E-state index in [2.05, 4.69) is 15.3 Å². The third-order valence-electron chi connectivity index (χ3n) is 2.50. The molecule has 0 radical (unpaired) electrons. The van der Waals surface area contributed by atoms with Crippen molar-refractivity contribution in [3.63, 3.8) is 0 Å². The average molecular weight is 257 g/mol. The van der Waals surface area contributed by atoms with Crippen molar-refractivity contribution in [2.45, 2.75) is 6.54 Å². The van der Waals surface area contributed by atoms with Crippen LogP contribution in [0.15, 0.2) is 43.0 Å². The summed E-state index contributed by atoms with van der Waals surface area (Å²) in [5.41, 5.74) is 0.862. The highest BCUT2D eigenvalue weighted by atomic mass is 16.4. The van der Waals surface area contributed by atoms with Crippen molar-refractivity contribution in [2.75, 3.05) is 0 Å². The molecule has 96 valence electrons. The Morgan fingerprint density at radius 3 is 2.42 bits per heavy atom. The minimum absolute atomic E-state index is 0.0940. The number of carbonyl (C=O) groups excluding carboxylic acids is 1. The molecule has 6 nitrogen and oxygen atoms in total. The molecule has 2 aromatic heterocycles. The quantitative estimate of drug-likeness (QED) is 0.855. The Morgan fingerprint density at radius 1 is 1.05 bits per heavy atom. The Bertz CT molecular complexity index is 599. The van der Waals surface area contributed by atoms with Gasteiger partial charge in [-0.3, -0.25) is 14.8 Å². The van der Waals surface area contributed by atoms with E-state index in [1.54, 1.807) is 24.5 Å². The van der Waals surface area contributed by atoms with Gasteiger partial charge in [0.15, 0.2) is 0 Å². The van der Waals surface area contributed by atoms with Gasteiger partial charge < -0.3 is 10.4 Å². The number of amides is 1. The fourth-order valence-corrected chi connectivity index (χ4v) is 1.54. The van der Waals surface area contributed by atoms with Crippen LogP contribution in [0.4, 0.5) is 0 Å². The van der Waals surface area contributed by atoms with Crippen LogP contribution in [-0.4, -0.2) is 27.0 Å². The third-order valence-corrected chi connectivity index (χ3v) is 2.50. The number of carboxylic acids is 1. The summed E-state index contributed by atoms with van der Waals surface area (Å²) >= 11 is 0. The van der Waals surface area contributed by atoms with Crippen molar-refractivity contribution in [3.8, 4) is 0 Å². The summed E-state index contributed by atoms with van der Waals surface area (Å²) < 4.78 is 0. The van der Waals surface area contributed by atoms with Crippen molar-refractivity contribution >= 4 is 11.9 Å². The van der Waals surface area contributed by atoms with Gasteiger partial charge in [0.1, 0.15) is 0 Å². The summed E-state index contributed by atoms with van der Waals surface area (Å²) in [6.07, 6.45) is 5.78. The van der Waals surface area contributed by atoms with Gasteiger partial charge in [-0.25, -0.2) is 4.79 Å². The molecule has 0 aromatic carbocycles. The Balaban J connectivity index is 2.10. The number of carboxylic acid groups (broad SMARTS) is 1. The van der Waals surface area contributed by atoms with Crippen LogP contribution in [0.5, 0.6) is 0 Å². The maximum absolute atomic E-state index is 11.9. The number of carbonyl (C=O) groups is 2. The van der Waals surface area contributed by atoms with Crippen LogP contribution in [0, 0.1) is 0 Å². The lowest BCUT2D eigenvalue weighted by atomic mass is 10.1. The molecular weight excluding hydrogens is 246 g/mol. The molecule has 19 heavy (non-hydrogen) atoms. The molecule has 2 aromatic rings. The Hall–Kier alpha value is -2.76. The van der Waals surface area contributed by atoms with E-state index >= 15 is 0 Å². The SMILES string of the molecule is O=C(O)c1cnccc1C(=O)NCc1ccncc1. The Labute approximate surface area is 109 Å². The van der Waals surface area contributed by atoms with E-state index in [9.17, 15) is 9.59 Å². The van der Waals surface area contributed by atoms with Crippen LogP contribution in [-0.2, 0) is 6.54 Å². The van der Waals surface area contributed by atoms with Crippen molar-refractivity contribution in [3.05, 3.63) is 59.7 Å². The van der Waals surface area contributed by atoms with Crippen LogP contribution in [0.3, 0.4) is 0 Å². The molecule has 2 heterocycles. The largest absolute Gasteiger partial charge is 0.478 e. The number of nitrogens with one attached hydrogen (secondary N) is 1. The third kappa shape index (κ3) is 3.12. The monoisotopic (exact) mass is 257 g/mol. The molecule has 0 atom stereocenters. The zero-order chi connectivity index (χ0) is 13.7. The second-order valence-electron chi connectivity index (χ2n) is 3.76. The highest BCUT2D eigenvalue weighted by Gasteiger charge is 2.15. The summed E-state index contributed by atoms with van der Waals surface area (Å²) in [7, 11) is 0. The fraction of sp³-hybridized carbons (Fsp3) is 0.0769. The van der Waals surface area contributed by atoms with E-state index < -0.39 is 11.9 Å². The predicted octanol–water partition coefficient (Wildman–Crippen LogP) is 1.10. The van der Waals surface area contributed by atoms with E-state index in [1.165, 1.54) is 12.3 Å². The van der Waals surface area contributed by atoms with Crippen molar-refractivity contribution < 1.29 is 14.7 Å². The van der Waals surface area contributed by atoms with Gasteiger partial charge >= 0.3 is 5.97 Å². The lowest BCUT2D eigenvalue weighted by Crippen LogP contribution is -2.25. The molecule has 2 N–H and O–H groups in total. The number of pyridine rings is 2. The van der Waals surface area contributed by atoms with Crippen molar-refractivity contribution in [1.29, 1.82) is 0 Å². The summed E-state index contributed by atoms with van der Waals surface area (Å²) in [4.78, 5) is 30.5. The maximum Gasteiger partial charge on any atom is 0.338 e.